The maximum Gasteiger partial charge on any atom is 0.164 e. The van der Waals surface area contributed by atoms with Gasteiger partial charge >= 0.3 is 0 Å². The van der Waals surface area contributed by atoms with E-state index in [1.54, 1.807) is 0 Å². The number of hydrogen-bond acceptors (Lipinski definition) is 1. The highest BCUT2D eigenvalue weighted by atomic mass is 16.1. The van der Waals surface area contributed by atoms with Gasteiger partial charge < -0.3 is 0 Å². The van der Waals surface area contributed by atoms with Gasteiger partial charge in [-0.15, -0.1) is 0 Å². The largest absolute Gasteiger partial charge is 0.294 e. The number of hydrogen-bond donors (Lipinski definition) is 0. The van der Waals surface area contributed by atoms with Crippen molar-refractivity contribution >= 4 is 5.78 Å². The van der Waals surface area contributed by atoms with Gasteiger partial charge in [-0.1, -0.05) is 46.6 Å². The number of rotatable bonds is 1. The van der Waals surface area contributed by atoms with Crippen LogP contribution in [0.2, 0.25) is 0 Å². The number of ketones is 1. The van der Waals surface area contributed by atoms with Gasteiger partial charge in [-0.3, -0.25) is 4.79 Å². The number of carbonyl (C=O) groups is 1. The summed E-state index contributed by atoms with van der Waals surface area (Å²) < 4.78 is 0. The monoisotopic (exact) mass is 328 g/mol. The van der Waals surface area contributed by atoms with Crippen molar-refractivity contribution < 1.29 is 4.79 Å². The van der Waals surface area contributed by atoms with Gasteiger partial charge in [0.05, 0.1) is 0 Å². The van der Waals surface area contributed by atoms with E-state index in [2.05, 4.69) is 33.8 Å². The SMILES string of the molecule is CC(C)/C=C1\C[C@@H]2[C@@H]3CC[C@@H]4CCCC[C@]4(C)[C@@H]3CC[C@]2(C)C1=O. The quantitative estimate of drug-likeness (QED) is 0.525. The molecule has 4 rings (SSSR count). The Hall–Kier alpha value is -0.590. The fourth-order valence-electron chi connectivity index (χ4n) is 7.52. The van der Waals surface area contributed by atoms with Gasteiger partial charge in [-0.2, -0.15) is 0 Å². The smallest absolute Gasteiger partial charge is 0.164 e. The van der Waals surface area contributed by atoms with E-state index in [-0.39, 0.29) is 5.41 Å². The molecule has 0 aromatic rings. The molecule has 0 saturated heterocycles. The predicted molar refractivity (Wildman–Crippen MR) is 99.7 cm³/mol. The van der Waals surface area contributed by atoms with Crippen LogP contribution in [0.3, 0.4) is 0 Å². The van der Waals surface area contributed by atoms with Gasteiger partial charge in [-0.25, -0.2) is 0 Å². The fourth-order valence-corrected chi connectivity index (χ4v) is 7.52. The van der Waals surface area contributed by atoms with Crippen LogP contribution in [0, 0.1) is 40.4 Å². The maximum absolute atomic E-state index is 13.2. The summed E-state index contributed by atoms with van der Waals surface area (Å²) >= 11 is 0. The molecule has 0 aliphatic heterocycles. The van der Waals surface area contributed by atoms with Crippen LogP contribution in [0.15, 0.2) is 11.6 Å². The van der Waals surface area contributed by atoms with E-state index in [9.17, 15) is 4.79 Å². The van der Waals surface area contributed by atoms with Crippen LogP contribution >= 0.6 is 0 Å². The lowest BCUT2D eigenvalue weighted by molar-refractivity contribution is -0.137. The molecule has 0 amide bonds. The molecule has 0 bridgehead atoms. The van der Waals surface area contributed by atoms with Gasteiger partial charge in [0.15, 0.2) is 5.78 Å². The van der Waals surface area contributed by atoms with Crippen LogP contribution in [0.4, 0.5) is 0 Å². The Morgan fingerprint density at radius 3 is 2.54 bits per heavy atom. The third-order valence-electron chi connectivity index (χ3n) is 8.76. The molecule has 6 atom stereocenters. The highest BCUT2D eigenvalue weighted by molar-refractivity contribution is 6.02. The zero-order valence-electron chi connectivity index (χ0n) is 16.2. The van der Waals surface area contributed by atoms with Crippen molar-refractivity contribution in [3.8, 4) is 0 Å². The number of Topliss-reactive ketones (excluding diaryl/α,β-unsaturated/α-hetero) is 1. The summed E-state index contributed by atoms with van der Waals surface area (Å²) in [6, 6.07) is 0. The molecule has 0 N–H and O–H groups in total. The summed E-state index contributed by atoms with van der Waals surface area (Å²) in [5.74, 6) is 4.31. The molecule has 1 heteroatoms. The lowest BCUT2D eigenvalue weighted by Gasteiger charge is -2.59. The van der Waals surface area contributed by atoms with E-state index in [1.165, 1.54) is 50.5 Å². The first-order valence-electron chi connectivity index (χ1n) is 10.6. The van der Waals surface area contributed by atoms with E-state index in [1.807, 2.05) is 0 Å². The topological polar surface area (TPSA) is 17.1 Å². The van der Waals surface area contributed by atoms with Crippen LogP contribution in [0.5, 0.6) is 0 Å². The molecule has 0 radical (unpaired) electrons. The summed E-state index contributed by atoms with van der Waals surface area (Å²) in [5, 5.41) is 0. The highest BCUT2D eigenvalue weighted by Crippen LogP contribution is 2.66. The first kappa shape index (κ1) is 16.9. The van der Waals surface area contributed by atoms with Gasteiger partial charge in [0.2, 0.25) is 0 Å². The van der Waals surface area contributed by atoms with Crippen LogP contribution in [0.25, 0.3) is 0 Å². The Morgan fingerprint density at radius 2 is 1.79 bits per heavy atom. The Kier molecular flexibility index (Phi) is 4.01. The second kappa shape index (κ2) is 5.71. The second-order valence-electron chi connectivity index (χ2n) is 10.3. The molecule has 0 heterocycles. The number of carbonyl (C=O) groups excluding carboxylic acids is 1. The van der Waals surface area contributed by atoms with E-state index >= 15 is 0 Å². The molecule has 4 aliphatic rings. The Labute approximate surface area is 148 Å². The molecule has 4 fully saturated rings. The zero-order valence-corrected chi connectivity index (χ0v) is 16.2. The van der Waals surface area contributed by atoms with Crippen molar-refractivity contribution in [2.24, 2.45) is 40.4 Å². The third kappa shape index (κ3) is 2.29. The average Bonchev–Trinajstić information content (AvgIpc) is 2.78. The van der Waals surface area contributed by atoms with E-state index in [0.717, 1.165) is 30.6 Å². The van der Waals surface area contributed by atoms with Crippen LogP contribution in [-0.2, 0) is 4.79 Å². The summed E-state index contributed by atoms with van der Waals surface area (Å²) in [4.78, 5) is 13.2. The molecule has 0 aromatic heterocycles. The van der Waals surface area contributed by atoms with Crippen molar-refractivity contribution in [3.63, 3.8) is 0 Å². The summed E-state index contributed by atoms with van der Waals surface area (Å²) in [7, 11) is 0. The lowest BCUT2D eigenvalue weighted by Crippen LogP contribution is -2.52. The summed E-state index contributed by atoms with van der Waals surface area (Å²) in [5.41, 5.74) is 1.71. The van der Waals surface area contributed by atoms with E-state index in [0.29, 0.717) is 23.0 Å². The molecule has 0 unspecified atom stereocenters. The van der Waals surface area contributed by atoms with E-state index in [4.69, 9.17) is 0 Å². The lowest BCUT2D eigenvalue weighted by atomic mass is 9.45. The van der Waals surface area contributed by atoms with Crippen molar-refractivity contribution in [1.82, 2.24) is 0 Å². The van der Waals surface area contributed by atoms with Crippen molar-refractivity contribution in [1.29, 1.82) is 0 Å². The standard InChI is InChI=1S/C23H36O/c1-15(2)13-16-14-20-18-9-8-17-7-5-6-11-22(17,3)19(18)10-12-23(20,4)21(16)24/h13,15,17-20H,5-12,14H2,1-4H3/b16-13+/t17-,18+,19+,20+,22-,23-/m0/s1. The molecular weight excluding hydrogens is 292 g/mol. The summed E-state index contributed by atoms with van der Waals surface area (Å²) in [6.45, 7) is 9.36. The molecule has 4 aliphatic carbocycles. The highest BCUT2D eigenvalue weighted by Gasteiger charge is 2.60. The van der Waals surface area contributed by atoms with Gasteiger partial charge in [0, 0.05) is 5.41 Å². The number of fused-ring (bicyclic) bond motifs is 5. The van der Waals surface area contributed by atoms with Gasteiger partial charge in [0.25, 0.3) is 0 Å². The normalized spacial score (nSPS) is 49.9. The third-order valence-corrected chi connectivity index (χ3v) is 8.76. The fraction of sp³-hybridized carbons (Fsp3) is 0.870. The average molecular weight is 329 g/mol. The molecule has 0 aromatic carbocycles. The van der Waals surface area contributed by atoms with Crippen molar-refractivity contribution in [2.45, 2.75) is 85.5 Å². The van der Waals surface area contributed by atoms with Crippen LogP contribution < -0.4 is 0 Å². The Bertz CT molecular complexity index is 558. The Morgan fingerprint density at radius 1 is 1.00 bits per heavy atom. The van der Waals surface area contributed by atoms with Crippen LogP contribution in [-0.4, -0.2) is 5.78 Å². The first-order valence-corrected chi connectivity index (χ1v) is 10.6. The minimum atomic E-state index is -0.0419. The summed E-state index contributed by atoms with van der Waals surface area (Å²) in [6.07, 6.45) is 14.5. The predicted octanol–water partition coefficient (Wildman–Crippen LogP) is 6.18. The molecule has 4 saturated carbocycles. The minimum Gasteiger partial charge on any atom is -0.294 e. The molecule has 134 valence electrons. The molecule has 1 nitrogen and oxygen atoms in total. The maximum atomic E-state index is 13.2. The van der Waals surface area contributed by atoms with Crippen LogP contribution in [0.1, 0.15) is 85.5 Å². The zero-order chi connectivity index (χ0) is 17.1. The molecular formula is C23H36O. The second-order valence-corrected chi connectivity index (χ2v) is 10.3. The molecule has 0 spiro atoms. The first-order chi connectivity index (χ1) is 11.4. The van der Waals surface area contributed by atoms with Crippen molar-refractivity contribution in [2.75, 3.05) is 0 Å². The Balaban J connectivity index is 1.65. The molecule has 24 heavy (non-hydrogen) atoms. The van der Waals surface area contributed by atoms with E-state index < -0.39 is 0 Å². The van der Waals surface area contributed by atoms with Crippen molar-refractivity contribution in [3.05, 3.63) is 11.6 Å². The van der Waals surface area contributed by atoms with Gasteiger partial charge in [-0.05, 0) is 85.5 Å². The van der Waals surface area contributed by atoms with Gasteiger partial charge in [0.1, 0.15) is 0 Å². The minimum absolute atomic E-state index is 0.0419. The number of allylic oxidation sites excluding steroid dienone is 2.